The number of aromatic nitrogens is 7. The molecule has 2 unspecified atom stereocenters. The van der Waals surface area contributed by atoms with E-state index < -0.39 is 6.10 Å². The first-order valence-electron chi connectivity index (χ1n) is 11.6. The van der Waals surface area contributed by atoms with Crippen LogP contribution < -0.4 is 14.2 Å². The molecule has 0 aliphatic carbocycles. The number of nitrogens with one attached hydrogen (secondary N) is 1. The number of nitrogens with zero attached hydrogens (tertiary/aromatic N) is 7. The summed E-state index contributed by atoms with van der Waals surface area (Å²) in [5, 5.41) is 9.22. The van der Waals surface area contributed by atoms with Crippen LogP contribution in [0.15, 0.2) is 18.7 Å². The molecular formula is C23H33ClN8O4S. The second-order valence-corrected chi connectivity index (χ2v) is 10.3. The third-order valence-electron chi connectivity index (χ3n) is 5.74. The molecule has 0 spiro atoms. The molecule has 12 nitrogen and oxygen atoms in total. The van der Waals surface area contributed by atoms with E-state index in [0.717, 1.165) is 12.8 Å². The maximum absolute atomic E-state index is 5.94. The van der Waals surface area contributed by atoms with Crippen LogP contribution in [-0.2, 0) is 15.9 Å². The van der Waals surface area contributed by atoms with Crippen LogP contribution in [0.5, 0.6) is 11.8 Å². The lowest BCUT2D eigenvalue weighted by Gasteiger charge is -2.23. The van der Waals surface area contributed by atoms with Crippen LogP contribution in [0, 0.1) is 0 Å². The van der Waals surface area contributed by atoms with Crippen LogP contribution in [0.2, 0.25) is 5.02 Å². The predicted octanol–water partition coefficient (Wildman–Crippen LogP) is 4.10. The quantitative estimate of drug-likeness (QED) is 0.289. The molecule has 0 saturated heterocycles. The van der Waals surface area contributed by atoms with E-state index in [-0.39, 0.29) is 10.9 Å². The average Bonchev–Trinajstić information content (AvgIpc) is 3.30. The summed E-state index contributed by atoms with van der Waals surface area (Å²) < 4.78 is 27.4. The van der Waals surface area contributed by atoms with E-state index >= 15 is 0 Å². The Labute approximate surface area is 226 Å². The van der Waals surface area contributed by atoms with Crippen LogP contribution in [0.4, 0.5) is 5.95 Å². The van der Waals surface area contributed by atoms with Crippen molar-refractivity contribution in [1.82, 2.24) is 34.7 Å². The predicted molar refractivity (Wildman–Crippen MR) is 142 cm³/mol. The highest BCUT2D eigenvalue weighted by Gasteiger charge is 2.27. The van der Waals surface area contributed by atoms with Gasteiger partial charge in [-0.1, -0.05) is 11.6 Å². The minimum atomic E-state index is -0.397. The molecule has 0 amide bonds. The topological polar surface area (TPSA) is 131 Å². The normalized spacial score (nSPS) is 13.3. The molecule has 3 heterocycles. The van der Waals surface area contributed by atoms with Gasteiger partial charge < -0.3 is 18.9 Å². The highest BCUT2D eigenvalue weighted by molar-refractivity contribution is 8.01. The Bertz CT molecular complexity index is 1130. The van der Waals surface area contributed by atoms with E-state index in [1.807, 2.05) is 11.5 Å². The molecule has 37 heavy (non-hydrogen) atoms. The molecular weight excluding hydrogens is 520 g/mol. The lowest BCUT2D eigenvalue weighted by molar-refractivity contribution is 0.0139. The number of methoxy groups -OCH3 is 4. The molecule has 14 heteroatoms. The van der Waals surface area contributed by atoms with Gasteiger partial charge in [0, 0.05) is 33.0 Å². The highest BCUT2D eigenvalue weighted by atomic mass is 35.5. The molecule has 0 saturated carbocycles. The van der Waals surface area contributed by atoms with E-state index in [1.165, 1.54) is 32.5 Å². The third kappa shape index (κ3) is 7.18. The zero-order valence-electron chi connectivity index (χ0n) is 22.1. The van der Waals surface area contributed by atoms with E-state index in [0.29, 0.717) is 46.5 Å². The van der Waals surface area contributed by atoms with E-state index in [9.17, 15) is 0 Å². The van der Waals surface area contributed by atoms with Crippen molar-refractivity contribution in [1.29, 1.82) is 0 Å². The third-order valence-corrected chi connectivity index (χ3v) is 6.85. The first-order valence-corrected chi connectivity index (χ1v) is 12.8. The van der Waals surface area contributed by atoms with Gasteiger partial charge in [0.25, 0.3) is 0 Å². The largest absolute Gasteiger partial charge is 0.479 e. The van der Waals surface area contributed by atoms with Crippen molar-refractivity contribution in [2.75, 3.05) is 33.2 Å². The van der Waals surface area contributed by atoms with Gasteiger partial charge in [0.2, 0.25) is 17.7 Å². The summed E-state index contributed by atoms with van der Waals surface area (Å²) in [6, 6.07) is 0. The molecule has 0 bridgehead atoms. The van der Waals surface area contributed by atoms with Crippen molar-refractivity contribution in [2.24, 2.45) is 0 Å². The summed E-state index contributed by atoms with van der Waals surface area (Å²) in [6.45, 7) is 6.10. The minimum absolute atomic E-state index is 0.113. The van der Waals surface area contributed by atoms with Crippen LogP contribution in [0.25, 0.3) is 5.69 Å². The Morgan fingerprint density at radius 1 is 1.03 bits per heavy atom. The number of rotatable bonds is 14. The van der Waals surface area contributed by atoms with Crippen LogP contribution >= 0.6 is 23.5 Å². The van der Waals surface area contributed by atoms with Crippen LogP contribution in [0.1, 0.15) is 51.4 Å². The Kier molecular flexibility index (Phi) is 10.3. The van der Waals surface area contributed by atoms with Gasteiger partial charge in [-0.2, -0.15) is 9.97 Å². The maximum Gasteiger partial charge on any atom is 0.245 e. The first-order chi connectivity index (χ1) is 17.7. The molecule has 0 aliphatic rings. The number of hydrogen-bond acceptors (Lipinski definition) is 12. The molecule has 3 aromatic heterocycles. The summed E-state index contributed by atoms with van der Waals surface area (Å²) in [4.78, 5) is 17.1. The zero-order chi connectivity index (χ0) is 27.0. The smallest absolute Gasteiger partial charge is 0.245 e. The van der Waals surface area contributed by atoms with E-state index in [4.69, 9.17) is 30.5 Å². The fraction of sp³-hybridized carbons (Fsp3) is 0.565. The van der Waals surface area contributed by atoms with Gasteiger partial charge in [-0.15, -0.1) is 10.2 Å². The summed E-state index contributed by atoms with van der Waals surface area (Å²) >= 11 is 7.33. The van der Waals surface area contributed by atoms with Crippen LogP contribution in [0.3, 0.4) is 0 Å². The van der Waals surface area contributed by atoms with E-state index in [2.05, 4.69) is 48.7 Å². The molecule has 0 aliphatic heterocycles. The minimum Gasteiger partial charge on any atom is -0.479 e. The van der Waals surface area contributed by atoms with Gasteiger partial charge in [0.15, 0.2) is 11.5 Å². The number of halogens is 1. The van der Waals surface area contributed by atoms with Crippen molar-refractivity contribution in [3.05, 3.63) is 35.4 Å². The molecule has 0 radical (unpaired) electrons. The molecule has 3 aromatic rings. The first kappa shape index (κ1) is 28.8. The van der Waals surface area contributed by atoms with Gasteiger partial charge >= 0.3 is 0 Å². The van der Waals surface area contributed by atoms with Crippen molar-refractivity contribution in [3.63, 3.8) is 0 Å². The zero-order valence-corrected chi connectivity index (χ0v) is 23.6. The Hall–Kier alpha value is -2.74. The second kappa shape index (κ2) is 13.2. The molecule has 0 aromatic carbocycles. The summed E-state index contributed by atoms with van der Waals surface area (Å²) in [5.41, 5.74) is 0.250. The molecule has 2 atom stereocenters. The molecule has 3 rings (SSSR count). The summed E-state index contributed by atoms with van der Waals surface area (Å²) in [5.74, 6) is 2.33. The Morgan fingerprint density at radius 2 is 1.68 bits per heavy atom. The highest BCUT2D eigenvalue weighted by Crippen LogP contribution is 2.34. The monoisotopic (exact) mass is 552 g/mol. The number of aryl methyl sites for hydroxylation is 1. The van der Waals surface area contributed by atoms with E-state index in [1.54, 1.807) is 26.6 Å². The van der Waals surface area contributed by atoms with Gasteiger partial charge in [0.1, 0.15) is 18.3 Å². The SMILES string of the molecule is COc1ncnc(OC)c1-n1c(CCCC(C)(C)OC)nnc1NSC(C)C(OC)c1ncc(Cl)cn1. The van der Waals surface area contributed by atoms with Gasteiger partial charge in [-0.3, -0.25) is 9.29 Å². The van der Waals surface area contributed by atoms with Crippen molar-refractivity contribution >= 4 is 29.5 Å². The summed E-state index contributed by atoms with van der Waals surface area (Å²) in [7, 11) is 6.40. The Balaban J connectivity index is 1.91. The fourth-order valence-corrected chi connectivity index (χ4v) is 4.45. The van der Waals surface area contributed by atoms with Crippen molar-refractivity contribution < 1.29 is 18.9 Å². The molecule has 0 fully saturated rings. The standard InChI is InChI=1S/C23H33ClN8O4S/c1-14(18(33-4)19-25-11-15(24)12-26-19)37-31-22-30-29-16(9-8-10-23(2,3)36-7)32(22)17-20(34-5)27-13-28-21(17)35-6/h11-14,18H,8-10H2,1-7H3,(H,30,31). The molecule has 202 valence electrons. The van der Waals surface area contributed by atoms with Gasteiger partial charge in [-0.05, 0) is 45.6 Å². The van der Waals surface area contributed by atoms with Crippen LogP contribution in [-0.4, -0.2) is 74.0 Å². The summed E-state index contributed by atoms with van der Waals surface area (Å²) in [6.07, 6.45) is 6.35. The lowest BCUT2D eigenvalue weighted by Crippen LogP contribution is -2.22. The second-order valence-electron chi connectivity index (χ2n) is 8.67. The van der Waals surface area contributed by atoms with Gasteiger partial charge in [0.05, 0.1) is 30.1 Å². The van der Waals surface area contributed by atoms with Crippen molar-refractivity contribution in [2.45, 2.75) is 57.0 Å². The molecule has 1 N–H and O–H groups in total. The Morgan fingerprint density at radius 3 is 2.24 bits per heavy atom. The number of anilines is 1. The average molecular weight is 553 g/mol. The number of ether oxygens (including phenoxy) is 4. The van der Waals surface area contributed by atoms with Crippen molar-refractivity contribution in [3.8, 4) is 17.4 Å². The maximum atomic E-state index is 5.94. The lowest BCUT2D eigenvalue weighted by atomic mass is 10.0. The number of hydrogen-bond donors (Lipinski definition) is 1. The fourth-order valence-electron chi connectivity index (χ4n) is 3.58. The van der Waals surface area contributed by atoms with Gasteiger partial charge in [-0.25, -0.2) is 9.97 Å².